The summed E-state index contributed by atoms with van der Waals surface area (Å²) in [5.74, 6) is 0. The quantitative estimate of drug-likeness (QED) is 0.696. The van der Waals surface area contributed by atoms with Crippen LogP contribution in [0.1, 0.15) is 38.5 Å². The van der Waals surface area contributed by atoms with E-state index in [2.05, 4.69) is 60.7 Å². The van der Waals surface area contributed by atoms with E-state index in [4.69, 9.17) is 0 Å². The molecule has 0 spiro atoms. The molecule has 2 aromatic rings. The Kier molecular flexibility index (Phi) is 6.68. The average Bonchev–Trinajstić information content (AvgIpc) is 2.52. The van der Waals surface area contributed by atoms with Gasteiger partial charge in [0, 0.05) is 0 Å². The van der Waals surface area contributed by atoms with Gasteiger partial charge in [-0.3, -0.25) is 0 Å². The van der Waals surface area contributed by atoms with Gasteiger partial charge >= 0.3 is 0 Å². The smallest absolute Gasteiger partial charge is 0.0226 e. The lowest BCUT2D eigenvalue weighted by Crippen LogP contribution is -2.01. The third-order valence-corrected chi connectivity index (χ3v) is 4.58. The second kappa shape index (κ2) is 8.88. The van der Waals surface area contributed by atoms with Crippen molar-refractivity contribution in [1.82, 2.24) is 0 Å². The third-order valence-electron chi connectivity index (χ3n) is 3.34. The molecule has 0 heterocycles. The minimum atomic E-state index is 0.777. The molecule has 2 aromatic carbocycles. The van der Waals surface area contributed by atoms with Crippen molar-refractivity contribution >= 4 is 19.2 Å². The number of hydrogen-bond acceptors (Lipinski definition) is 0. The van der Waals surface area contributed by atoms with Crippen molar-refractivity contribution < 1.29 is 0 Å². The van der Waals surface area contributed by atoms with Crippen molar-refractivity contribution in [2.75, 3.05) is 0 Å². The van der Waals surface area contributed by atoms with Crippen LogP contribution >= 0.6 is 8.58 Å². The van der Waals surface area contributed by atoms with E-state index in [0.717, 1.165) is 8.58 Å². The van der Waals surface area contributed by atoms with E-state index in [0.29, 0.717) is 0 Å². The van der Waals surface area contributed by atoms with Gasteiger partial charge < -0.3 is 0 Å². The van der Waals surface area contributed by atoms with Crippen molar-refractivity contribution in [1.29, 1.82) is 0 Å². The van der Waals surface area contributed by atoms with Crippen LogP contribution in [0, 0.1) is 0 Å². The molecule has 1 heteroatoms. The van der Waals surface area contributed by atoms with Crippen molar-refractivity contribution in [3.8, 4) is 0 Å². The highest BCUT2D eigenvalue weighted by Gasteiger charge is 1.95. The monoisotopic (exact) mass is 270 g/mol. The minimum Gasteiger partial charge on any atom is -0.0622 e. The molecule has 3 rings (SSSR count). The molecular weight excluding hydrogens is 247 g/mol. The van der Waals surface area contributed by atoms with Crippen LogP contribution in [0.15, 0.2) is 60.7 Å². The molecule has 1 aliphatic carbocycles. The topological polar surface area (TPSA) is 0 Å². The van der Waals surface area contributed by atoms with Crippen LogP contribution in [0.25, 0.3) is 0 Å². The molecule has 0 saturated heterocycles. The van der Waals surface area contributed by atoms with Crippen molar-refractivity contribution in [3.63, 3.8) is 0 Å². The van der Waals surface area contributed by atoms with Crippen LogP contribution in [0.2, 0.25) is 0 Å². The first-order valence-electron chi connectivity index (χ1n) is 7.32. The van der Waals surface area contributed by atoms with Crippen molar-refractivity contribution in [2.45, 2.75) is 38.5 Å². The Morgan fingerprint density at radius 2 is 0.789 bits per heavy atom. The van der Waals surface area contributed by atoms with Gasteiger partial charge in [0.25, 0.3) is 0 Å². The van der Waals surface area contributed by atoms with Crippen LogP contribution in [0.5, 0.6) is 0 Å². The summed E-state index contributed by atoms with van der Waals surface area (Å²) in [6, 6.07) is 21.2. The molecule has 1 fully saturated rings. The summed E-state index contributed by atoms with van der Waals surface area (Å²) < 4.78 is 0. The number of benzene rings is 2. The van der Waals surface area contributed by atoms with Crippen molar-refractivity contribution in [2.24, 2.45) is 0 Å². The Morgan fingerprint density at radius 1 is 0.474 bits per heavy atom. The fourth-order valence-corrected chi connectivity index (χ4v) is 3.32. The molecular formula is C18H23P. The third kappa shape index (κ3) is 6.03. The maximum atomic E-state index is 2.17. The van der Waals surface area contributed by atoms with Gasteiger partial charge in [-0.15, -0.1) is 0 Å². The summed E-state index contributed by atoms with van der Waals surface area (Å²) in [7, 11) is 0.777. The molecule has 0 radical (unpaired) electrons. The first kappa shape index (κ1) is 14.3. The van der Waals surface area contributed by atoms with E-state index in [9.17, 15) is 0 Å². The predicted molar refractivity (Wildman–Crippen MR) is 88.2 cm³/mol. The fourth-order valence-electron chi connectivity index (χ4n) is 2.27. The molecule has 1 saturated carbocycles. The Labute approximate surface area is 119 Å². The first-order chi connectivity index (χ1) is 9.45. The normalized spacial score (nSPS) is 14.3. The minimum absolute atomic E-state index is 0.777. The Morgan fingerprint density at radius 3 is 1.11 bits per heavy atom. The van der Waals surface area contributed by atoms with Crippen LogP contribution in [-0.2, 0) is 0 Å². The zero-order chi connectivity index (χ0) is 13.2. The predicted octanol–water partition coefficient (Wildman–Crippen LogP) is 4.66. The molecule has 0 N–H and O–H groups in total. The highest BCUT2D eigenvalue weighted by Crippen LogP contribution is 2.15. The highest BCUT2D eigenvalue weighted by atomic mass is 31.1. The van der Waals surface area contributed by atoms with Gasteiger partial charge in [-0.25, -0.2) is 0 Å². The Balaban J connectivity index is 0.000000186. The molecule has 19 heavy (non-hydrogen) atoms. The van der Waals surface area contributed by atoms with Crippen LogP contribution in [-0.4, -0.2) is 0 Å². The van der Waals surface area contributed by atoms with Gasteiger partial charge in [0.15, 0.2) is 0 Å². The lowest BCUT2D eigenvalue weighted by molar-refractivity contribution is 0.504. The van der Waals surface area contributed by atoms with Crippen molar-refractivity contribution in [3.05, 3.63) is 60.7 Å². The fraction of sp³-hybridized carbons (Fsp3) is 0.333. The van der Waals surface area contributed by atoms with Crippen LogP contribution in [0.3, 0.4) is 0 Å². The molecule has 0 aliphatic heterocycles. The summed E-state index contributed by atoms with van der Waals surface area (Å²) in [6.07, 6.45) is 9.00. The lowest BCUT2D eigenvalue weighted by atomic mass is 10.0. The lowest BCUT2D eigenvalue weighted by Gasteiger charge is -2.05. The molecule has 0 atom stereocenters. The summed E-state index contributed by atoms with van der Waals surface area (Å²) in [5, 5.41) is 2.79. The molecule has 0 amide bonds. The maximum absolute atomic E-state index is 2.17. The van der Waals surface area contributed by atoms with Gasteiger partial charge in [0.1, 0.15) is 0 Å². The largest absolute Gasteiger partial charge is 0.0622 e. The number of hydrogen-bond donors (Lipinski definition) is 0. The second-order valence-corrected chi connectivity index (χ2v) is 6.38. The van der Waals surface area contributed by atoms with Gasteiger partial charge in [-0.2, -0.15) is 0 Å². The summed E-state index contributed by atoms with van der Waals surface area (Å²) in [6.45, 7) is 0. The zero-order valence-corrected chi connectivity index (χ0v) is 12.5. The summed E-state index contributed by atoms with van der Waals surface area (Å²) in [5.41, 5.74) is 0. The first-order valence-corrected chi connectivity index (χ1v) is 8.32. The molecule has 0 nitrogen and oxygen atoms in total. The zero-order valence-electron chi connectivity index (χ0n) is 11.5. The highest BCUT2D eigenvalue weighted by molar-refractivity contribution is 7.55. The van der Waals surface area contributed by atoms with E-state index in [1.165, 1.54) is 49.1 Å². The van der Waals surface area contributed by atoms with Gasteiger partial charge in [0.05, 0.1) is 0 Å². The van der Waals surface area contributed by atoms with Crippen LogP contribution < -0.4 is 10.6 Å². The maximum Gasteiger partial charge on any atom is -0.0226 e. The molecule has 100 valence electrons. The molecule has 1 aliphatic rings. The Hall–Kier alpha value is -1.13. The number of rotatable bonds is 2. The average molecular weight is 270 g/mol. The molecule has 0 bridgehead atoms. The van der Waals surface area contributed by atoms with Gasteiger partial charge in [-0.05, 0) is 10.6 Å². The van der Waals surface area contributed by atoms with E-state index < -0.39 is 0 Å². The summed E-state index contributed by atoms with van der Waals surface area (Å²) in [4.78, 5) is 0. The molecule has 0 aromatic heterocycles. The van der Waals surface area contributed by atoms with E-state index in [1.54, 1.807) is 0 Å². The second-order valence-electron chi connectivity index (χ2n) is 4.98. The Bertz CT molecular complexity index is 383. The van der Waals surface area contributed by atoms with E-state index in [1.807, 2.05) is 0 Å². The molecule has 0 unspecified atom stereocenters. The van der Waals surface area contributed by atoms with Gasteiger partial charge in [0.2, 0.25) is 0 Å². The van der Waals surface area contributed by atoms with Gasteiger partial charge in [-0.1, -0.05) is 108 Å². The standard InChI is InChI=1S/C12H11P.C6H12/c1-3-7-11(8-4-1)13-12-9-5-2-6-10-12;1-2-4-6-5-3-1/h1-10,13H;1-6H2. The van der Waals surface area contributed by atoms with E-state index >= 15 is 0 Å². The van der Waals surface area contributed by atoms with E-state index in [-0.39, 0.29) is 0 Å². The SMILES string of the molecule is C1CCCCC1.c1ccc(Pc2ccccc2)cc1. The summed E-state index contributed by atoms with van der Waals surface area (Å²) >= 11 is 0. The van der Waals surface area contributed by atoms with Crippen LogP contribution in [0.4, 0.5) is 0 Å².